The molecule has 1 aliphatic carbocycles. The predicted molar refractivity (Wildman–Crippen MR) is 58.3 cm³/mol. The molecule has 1 N–H and O–H groups in total. The molecule has 2 fully saturated rings. The van der Waals surface area contributed by atoms with Crippen molar-refractivity contribution in [3.05, 3.63) is 12.2 Å². The van der Waals surface area contributed by atoms with Gasteiger partial charge in [-0.05, 0) is 19.3 Å². The van der Waals surface area contributed by atoms with Crippen molar-refractivity contribution in [1.82, 2.24) is 4.90 Å². The van der Waals surface area contributed by atoms with Crippen molar-refractivity contribution in [2.75, 3.05) is 6.54 Å². The molecule has 0 aromatic rings. The van der Waals surface area contributed by atoms with Gasteiger partial charge in [-0.1, -0.05) is 12.2 Å². The zero-order chi connectivity index (χ0) is 12.0. The Balaban J connectivity index is 1.60. The highest BCUT2D eigenvalue weighted by molar-refractivity contribution is 5.85. The number of amides is 1. The highest BCUT2D eigenvalue weighted by Gasteiger charge is 2.43. The van der Waals surface area contributed by atoms with Crippen LogP contribution in [-0.4, -0.2) is 46.7 Å². The summed E-state index contributed by atoms with van der Waals surface area (Å²) in [4.78, 5) is 24.5. The fraction of sp³-hybridized carbons (Fsp3) is 0.667. The zero-order valence-corrected chi connectivity index (χ0v) is 9.41. The summed E-state index contributed by atoms with van der Waals surface area (Å²) in [5.74, 6) is -0.682. The number of likely N-dealkylation sites (tertiary alicyclic amines) is 1. The highest BCUT2D eigenvalue weighted by atomic mass is 16.5. The van der Waals surface area contributed by atoms with E-state index in [0.717, 1.165) is 12.8 Å². The number of carboxylic acid groups (broad SMARTS) is 1. The van der Waals surface area contributed by atoms with E-state index in [-0.39, 0.29) is 24.0 Å². The summed E-state index contributed by atoms with van der Waals surface area (Å²) in [6.45, 7) is 0.536. The van der Waals surface area contributed by atoms with Crippen molar-refractivity contribution in [1.29, 1.82) is 0 Å². The van der Waals surface area contributed by atoms with Crippen LogP contribution in [0.4, 0.5) is 0 Å². The van der Waals surface area contributed by atoms with E-state index in [2.05, 4.69) is 6.08 Å². The molecule has 0 aromatic carbocycles. The molecule has 2 saturated heterocycles. The number of fused-ring (bicyclic) bond motifs is 2. The largest absolute Gasteiger partial charge is 0.479 e. The second-order valence-corrected chi connectivity index (χ2v) is 4.95. The number of hydrogen-bond acceptors (Lipinski definition) is 3. The van der Waals surface area contributed by atoms with E-state index in [1.807, 2.05) is 11.0 Å². The molecule has 5 heteroatoms. The first-order valence-corrected chi connectivity index (χ1v) is 6.02. The molecule has 0 aromatic heterocycles. The second-order valence-electron chi connectivity index (χ2n) is 4.95. The molecule has 0 radical (unpaired) electrons. The maximum atomic E-state index is 11.9. The van der Waals surface area contributed by atoms with Gasteiger partial charge < -0.3 is 14.7 Å². The fourth-order valence-corrected chi connectivity index (χ4v) is 2.94. The molecule has 2 aliphatic heterocycles. The third-order valence-electron chi connectivity index (χ3n) is 3.84. The number of hydrogen-bond donors (Lipinski definition) is 1. The van der Waals surface area contributed by atoms with E-state index in [0.29, 0.717) is 13.0 Å². The molecule has 4 unspecified atom stereocenters. The summed E-state index contributed by atoms with van der Waals surface area (Å²) in [5.41, 5.74) is 0. The van der Waals surface area contributed by atoms with Crippen LogP contribution in [0.5, 0.6) is 0 Å². The van der Waals surface area contributed by atoms with Crippen LogP contribution in [-0.2, 0) is 14.3 Å². The summed E-state index contributed by atoms with van der Waals surface area (Å²) in [5, 5.41) is 8.83. The van der Waals surface area contributed by atoms with Crippen LogP contribution >= 0.6 is 0 Å². The summed E-state index contributed by atoms with van der Waals surface area (Å²) in [6, 6.07) is 0.208. The number of aliphatic carboxylic acids is 1. The number of carbonyl (C=O) groups is 2. The first-order valence-electron chi connectivity index (χ1n) is 6.02. The van der Waals surface area contributed by atoms with Crippen molar-refractivity contribution < 1.29 is 19.4 Å². The van der Waals surface area contributed by atoms with E-state index >= 15 is 0 Å². The van der Waals surface area contributed by atoms with Crippen molar-refractivity contribution in [3.63, 3.8) is 0 Å². The van der Waals surface area contributed by atoms with Gasteiger partial charge in [0.15, 0.2) is 6.10 Å². The third kappa shape index (κ3) is 1.74. The quantitative estimate of drug-likeness (QED) is 0.722. The van der Waals surface area contributed by atoms with E-state index in [1.54, 1.807) is 0 Å². The smallest absolute Gasteiger partial charge is 0.332 e. The summed E-state index contributed by atoms with van der Waals surface area (Å²) in [7, 11) is 0. The molecule has 3 aliphatic rings. The Morgan fingerprint density at radius 3 is 2.88 bits per heavy atom. The van der Waals surface area contributed by atoms with Crippen LogP contribution in [0.15, 0.2) is 12.2 Å². The van der Waals surface area contributed by atoms with Gasteiger partial charge in [0.1, 0.15) is 0 Å². The molecule has 0 spiro atoms. The van der Waals surface area contributed by atoms with Gasteiger partial charge in [-0.25, -0.2) is 4.79 Å². The first kappa shape index (κ1) is 10.8. The Kier molecular flexibility index (Phi) is 2.43. The molecule has 0 saturated carbocycles. The van der Waals surface area contributed by atoms with Gasteiger partial charge in [0.05, 0.1) is 18.1 Å². The van der Waals surface area contributed by atoms with E-state index in [9.17, 15) is 9.59 Å². The average molecular weight is 237 g/mol. The topological polar surface area (TPSA) is 66.8 Å². The van der Waals surface area contributed by atoms with Crippen molar-refractivity contribution in [2.24, 2.45) is 5.92 Å². The van der Waals surface area contributed by atoms with E-state index in [4.69, 9.17) is 9.84 Å². The standard InChI is InChI=1S/C12H15NO4/c14-11-7-1-2-8(5-7)13(11)6-9-3-4-10(17-9)12(15)16/h1-2,7-10H,3-6H2,(H,15,16). The normalized spacial score (nSPS) is 39.3. The Labute approximate surface area is 99.0 Å². The number of carbonyl (C=O) groups excluding carboxylic acids is 1. The minimum atomic E-state index is -0.901. The lowest BCUT2D eigenvalue weighted by atomic mass is 10.1. The Morgan fingerprint density at radius 1 is 1.47 bits per heavy atom. The van der Waals surface area contributed by atoms with Crippen LogP contribution in [0.25, 0.3) is 0 Å². The third-order valence-corrected chi connectivity index (χ3v) is 3.84. The van der Waals surface area contributed by atoms with Crippen LogP contribution in [0.3, 0.4) is 0 Å². The molecule has 3 rings (SSSR count). The Hall–Kier alpha value is -1.36. The predicted octanol–water partition coefficient (Wildman–Crippen LogP) is 0.405. The Morgan fingerprint density at radius 2 is 2.29 bits per heavy atom. The monoisotopic (exact) mass is 237 g/mol. The minimum Gasteiger partial charge on any atom is -0.479 e. The molecule has 4 atom stereocenters. The molecule has 2 bridgehead atoms. The molecule has 5 nitrogen and oxygen atoms in total. The van der Waals surface area contributed by atoms with Crippen LogP contribution in [0, 0.1) is 5.92 Å². The van der Waals surface area contributed by atoms with Gasteiger partial charge in [0.25, 0.3) is 0 Å². The van der Waals surface area contributed by atoms with Crippen LogP contribution in [0.1, 0.15) is 19.3 Å². The maximum Gasteiger partial charge on any atom is 0.332 e. The summed E-state index contributed by atoms with van der Waals surface area (Å²) < 4.78 is 5.42. The van der Waals surface area contributed by atoms with E-state index in [1.165, 1.54) is 0 Å². The first-order chi connectivity index (χ1) is 8.15. The lowest BCUT2D eigenvalue weighted by molar-refractivity contribution is -0.150. The SMILES string of the molecule is O=C(O)C1CCC(CN2C(=O)C3C=CC2C3)O1. The maximum absolute atomic E-state index is 11.9. The summed E-state index contributed by atoms with van der Waals surface area (Å²) >= 11 is 0. The van der Waals surface area contributed by atoms with Gasteiger partial charge in [0.2, 0.25) is 5.91 Å². The van der Waals surface area contributed by atoms with Gasteiger partial charge in [-0.2, -0.15) is 0 Å². The lowest BCUT2D eigenvalue weighted by Crippen LogP contribution is -2.40. The van der Waals surface area contributed by atoms with Gasteiger partial charge >= 0.3 is 5.97 Å². The Bertz CT molecular complexity index is 392. The minimum absolute atomic E-state index is 0.0525. The van der Waals surface area contributed by atoms with Crippen molar-refractivity contribution in [2.45, 2.75) is 37.5 Å². The zero-order valence-electron chi connectivity index (χ0n) is 9.41. The molecule has 92 valence electrons. The number of carboxylic acids is 1. The highest BCUT2D eigenvalue weighted by Crippen LogP contribution is 2.34. The number of rotatable bonds is 3. The molecule has 2 heterocycles. The molecular weight excluding hydrogens is 222 g/mol. The van der Waals surface area contributed by atoms with Crippen LogP contribution in [0.2, 0.25) is 0 Å². The fourth-order valence-electron chi connectivity index (χ4n) is 2.94. The van der Waals surface area contributed by atoms with Crippen LogP contribution < -0.4 is 0 Å². The number of nitrogens with zero attached hydrogens (tertiary/aromatic N) is 1. The molecular formula is C12H15NO4. The summed E-state index contributed by atoms with van der Waals surface area (Å²) in [6.07, 6.45) is 5.38. The van der Waals surface area contributed by atoms with E-state index < -0.39 is 12.1 Å². The van der Waals surface area contributed by atoms with Gasteiger partial charge in [-0.15, -0.1) is 0 Å². The van der Waals surface area contributed by atoms with Gasteiger partial charge in [0, 0.05) is 6.54 Å². The molecule has 17 heavy (non-hydrogen) atoms. The van der Waals surface area contributed by atoms with Crippen molar-refractivity contribution in [3.8, 4) is 0 Å². The second kappa shape index (κ2) is 3.84. The number of ether oxygens (including phenoxy) is 1. The van der Waals surface area contributed by atoms with Crippen molar-refractivity contribution >= 4 is 11.9 Å². The lowest BCUT2D eigenvalue weighted by Gasteiger charge is -2.26. The average Bonchev–Trinajstić information content (AvgIpc) is 2.97. The molecule has 1 amide bonds. The van der Waals surface area contributed by atoms with Gasteiger partial charge in [-0.3, -0.25) is 4.79 Å².